The average Bonchev–Trinajstić information content (AvgIpc) is 2.53. The van der Waals surface area contributed by atoms with E-state index in [2.05, 4.69) is 17.2 Å². The number of para-hydroxylation sites is 2. The lowest BCUT2D eigenvalue weighted by Gasteiger charge is -2.29. The Bertz CT molecular complexity index is 537. The van der Waals surface area contributed by atoms with Crippen LogP contribution >= 0.6 is 24.0 Å². The van der Waals surface area contributed by atoms with Crippen LogP contribution in [0.15, 0.2) is 29.3 Å². The van der Waals surface area contributed by atoms with Gasteiger partial charge < -0.3 is 20.7 Å². The van der Waals surface area contributed by atoms with Crippen LogP contribution in [0.25, 0.3) is 0 Å². The van der Waals surface area contributed by atoms with Crippen LogP contribution in [0.5, 0.6) is 5.75 Å². The molecule has 0 saturated heterocycles. The minimum atomic E-state index is -0.0169. The molecule has 1 aromatic carbocycles. The number of anilines is 1. The number of amides is 1. The van der Waals surface area contributed by atoms with Crippen molar-refractivity contribution in [3.8, 4) is 5.75 Å². The number of carbonyl (C=O) groups excluding carboxylic acids is 1. The third-order valence-corrected chi connectivity index (χ3v) is 3.47. The first-order valence-corrected chi connectivity index (χ1v) is 7.78. The molecule has 6 nitrogen and oxygen atoms in total. The van der Waals surface area contributed by atoms with Crippen molar-refractivity contribution in [2.75, 3.05) is 31.1 Å². The van der Waals surface area contributed by atoms with Crippen LogP contribution in [0.2, 0.25) is 0 Å². The summed E-state index contributed by atoms with van der Waals surface area (Å²) >= 11 is 0. The molecule has 1 aliphatic heterocycles. The highest BCUT2D eigenvalue weighted by Crippen LogP contribution is 2.31. The smallest absolute Gasteiger partial charge is 0.265 e. The maximum atomic E-state index is 12.0. The number of nitrogens with two attached hydrogens (primary N) is 1. The van der Waals surface area contributed by atoms with Crippen molar-refractivity contribution < 1.29 is 9.53 Å². The minimum absolute atomic E-state index is 0. The summed E-state index contributed by atoms with van der Waals surface area (Å²) in [5.41, 5.74) is 6.61. The van der Waals surface area contributed by atoms with Gasteiger partial charge in [0.2, 0.25) is 0 Å². The van der Waals surface area contributed by atoms with Crippen LogP contribution in [0, 0.1) is 0 Å². The van der Waals surface area contributed by atoms with Crippen LogP contribution in [-0.4, -0.2) is 38.1 Å². The maximum Gasteiger partial charge on any atom is 0.265 e. The molecular formula is C16H25IN4O2. The number of carbonyl (C=O) groups is 1. The molecule has 0 aliphatic carbocycles. The SMILES string of the molecule is CCCCNC(N)=NCCCN1C(=O)COc2ccccc21.I. The van der Waals surface area contributed by atoms with Gasteiger partial charge in [-0.1, -0.05) is 25.5 Å². The summed E-state index contributed by atoms with van der Waals surface area (Å²) in [6.07, 6.45) is 2.96. The van der Waals surface area contributed by atoms with E-state index in [1.54, 1.807) is 4.90 Å². The number of nitrogens with one attached hydrogen (secondary N) is 1. The van der Waals surface area contributed by atoms with Crippen LogP contribution < -0.4 is 20.7 Å². The molecule has 3 N–H and O–H groups in total. The van der Waals surface area contributed by atoms with Gasteiger partial charge in [-0.25, -0.2) is 0 Å². The molecule has 7 heteroatoms. The quantitative estimate of drug-likeness (QED) is 0.300. The van der Waals surface area contributed by atoms with Crippen LogP contribution in [0.4, 0.5) is 5.69 Å². The van der Waals surface area contributed by atoms with Crippen molar-refractivity contribution in [3.63, 3.8) is 0 Å². The van der Waals surface area contributed by atoms with Crippen molar-refractivity contribution in [2.45, 2.75) is 26.2 Å². The van der Waals surface area contributed by atoms with Crippen LogP contribution in [0.3, 0.4) is 0 Å². The first kappa shape index (κ1) is 19.5. The van der Waals surface area contributed by atoms with Crippen molar-refractivity contribution in [3.05, 3.63) is 24.3 Å². The third-order valence-electron chi connectivity index (χ3n) is 3.47. The molecule has 0 saturated carbocycles. The summed E-state index contributed by atoms with van der Waals surface area (Å²) in [5.74, 6) is 1.21. The lowest BCUT2D eigenvalue weighted by Crippen LogP contribution is -2.39. The Labute approximate surface area is 154 Å². The lowest BCUT2D eigenvalue weighted by molar-refractivity contribution is -0.121. The Hall–Kier alpha value is -1.51. The van der Waals surface area contributed by atoms with E-state index in [9.17, 15) is 4.79 Å². The molecule has 0 radical (unpaired) electrons. The van der Waals surface area contributed by atoms with Crippen molar-refractivity contribution >= 4 is 41.5 Å². The normalized spacial score (nSPS) is 13.9. The number of aliphatic imine (C=N–C) groups is 1. The highest BCUT2D eigenvalue weighted by molar-refractivity contribution is 14.0. The molecule has 0 spiro atoms. The van der Waals surface area contributed by atoms with Gasteiger partial charge in [0.1, 0.15) is 5.75 Å². The molecule has 1 aliphatic rings. The van der Waals surface area contributed by atoms with Gasteiger partial charge in [0.25, 0.3) is 5.91 Å². The number of benzene rings is 1. The van der Waals surface area contributed by atoms with E-state index >= 15 is 0 Å². The largest absolute Gasteiger partial charge is 0.482 e. The predicted molar refractivity (Wildman–Crippen MR) is 104 cm³/mol. The van der Waals surface area contributed by atoms with Gasteiger partial charge in [0, 0.05) is 19.6 Å². The number of halogens is 1. The van der Waals surface area contributed by atoms with Crippen LogP contribution in [0.1, 0.15) is 26.2 Å². The van der Waals surface area contributed by atoms with Crippen LogP contribution in [-0.2, 0) is 4.79 Å². The van der Waals surface area contributed by atoms with Gasteiger partial charge in [0.05, 0.1) is 5.69 Å². The minimum Gasteiger partial charge on any atom is -0.482 e. The maximum absolute atomic E-state index is 12.0. The van der Waals surface area contributed by atoms with Gasteiger partial charge in [-0.05, 0) is 25.0 Å². The molecule has 1 amide bonds. The van der Waals surface area contributed by atoms with E-state index in [1.165, 1.54) is 0 Å². The fourth-order valence-corrected chi connectivity index (χ4v) is 2.28. The molecule has 0 atom stereocenters. The molecule has 2 rings (SSSR count). The molecule has 23 heavy (non-hydrogen) atoms. The Kier molecular flexibility index (Phi) is 8.75. The fraction of sp³-hybridized carbons (Fsp3) is 0.500. The van der Waals surface area contributed by atoms with Gasteiger partial charge in [0.15, 0.2) is 12.6 Å². The number of guanidine groups is 1. The van der Waals surface area contributed by atoms with E-state index in [1.807, 2.05) is 24.3 Å². The van der Waals surface area contributed by atoms with E-state index in [0.29, 0.717) is 19.0 Å². The monoisotopic (exact) mass is 432 g/mol. The summed E-state index contributed by atoms with van der Waals surface area (Å²) in [6.45, 7) is 4.29. The zero-order chi connectivity index (χ0) is 15.8. The first-order chi connectivity index (χ1) is 10.7. The fourth-order valence-electron chi connectivity index (χ4n) is 2.28. The second kappa shape index (κ2) is 10.3. The third kappa shape index (κ3) is 5.89. The Balaban J connectivity index is 0.00000264. The van der Waals surface area contributed by atoms with Gasteiger partial charge in [-0.3, -0.25) is 9.79 Å². The molecular weight excluding hydrogens is 407 g/mol. The highest BCUT2D eigenvalue weighted by Gasteiger charge is 2.24. The summed E-state index contributed by atoms with van der Waals surface area (Å²) in [6, 6.07) is 7.58. The standard InChI is InChI=1S/C16H24N4O2.HI/c1-2-3-9-18-16(17)19-10-6-11-20-13-7-4-5-8-14(13)22-12-15(20)21;/h4-5,7-8H,2-3,6,9-12H2,1H3,(H3,17,18,19);1H. The van der Waals surface area contributed by atoms with E-state index in [0.717, 1.165) is 37.2 Å². The number of fused-ring (bicyclic) bond motifs is 1. The number of hydrogen-bond acceptors (Lipinski definition) is 3. The number of rotatable bonds is 7. The zero-order valence-corrected chi connectivity index (χ0v) is 15.8. The Morgan fingerprint density at radius 1 is 1.39 bits per heavy atom. The van der Waals surface area contributed by atoms with Gasteiger partial charge in [-0.2, -0.15) is 0 Å². The molecule has 1 heterocycles. The highest BCUT2D eigenvalue weighted by atomic mass is 127. The molecule has 0 fully saturated rings. The van der Waals surface area contributed by atoms with E-state index in [4.69, 9.17) is 10.5 Å². The molecule has 0 unspecified atom stereocenters. The average molecular weight is 432 g/mol. The molecule has 0 bridgehead atoms. The predicted octanol–water partition coefficient (Wildman–Crippen LogP) is 2.12. The summed E-state index contributed by atoms with van der Waals surface area (Å²) in [4.78, 5) is 18.0. The van der Waals surface area contributed by atoms with E-state index in [-0.39, 0.29) is 36.5 Å². The second-order valence-corrected chi connectivity index (χ2v) is 5.20. The lowest BCUT2D eigenvalue weighted by atomic mass is 10.2. The van der Waals surface area contributed by atoms with Gasteiger partial charge >= 0.3 is 0 Å². The molecule has 1 aromatic rings. The molecule has 128 valence electrons. The number of nitrogens with zero attached hydrogens (tertiary/aromatic N) is 2. The van der Waals surface area contributed by atoms with Crippen molar-refractivity contribution in [1.82, 2.24) is 5.32 Å². The Morgan fingerprint density at radius 2 is 2.17 bits per heavy atom. The van der Waals surface area contributed by atoms with Crippen molar-refractivity contribution in [2.24, 2.45) is 10.7 Å². The van der Waals surface area contributed by atoms with Crippen molar-refractivity contribution in [1.29, 1.82) is 0 Å². The Morgan fingerprint density at radius 3 is 2.96 bits per heavy atom. The number of hydrogen-bond donors (Lipinski definition) is 2. The molecule has 0 aromatic heterocycles. The zero-order valence-electron chi connectivity index (χ0n) is 13.5. The summed E-state index contributed by atoms with van der Waals surface area (Å²) in [7, 11) is 0. The van der Waals surface area contributed by atoms with Gasteiger partial charge in [-0.15, -0.1) is 24.0 Å². The number of unbranched alkanes of at least 4 members (excludes halogenated alkanes) is 1. The number of ether oxygens (including phenoxy) is 1. The summed E-state index contributed by atoms with van der Waals surface area (Å²) in [5, 5.41) is 3.07. The van der Waals surface area contributed by atoms with E-state index < -0.39 is 0 Å². The second-order valence-electron chi connectivity index (χ2n) is 5.20. The first-order valence-electron chi connectivity index (χ1n) is 7.78. The topological polar surface area (TPSA) is 80.0 Å². The summed E-state index contributed by atoms with van der Waals surface area (Å²) < 4.78 is 5.42.